The lowest BCUT2D eigenvalue weighted by Crippen LogP contribution is -2.31. The molecule has 0 fully saturated rings. The summed E-state index contributed by atoms with van der Waals surface area (Å²) >= 11 is 11.7. The fourth-order valence-electron chi connectivity index (χ4n) is 1.65. The maximum atomic E-state index is 11.7. The van der Waals surface area contributed by atoms with Gasteiger partial charge in [0, 0.05) is 10.0 Å². The molecule has 2 rings (SSSR count). The molecule has 20 heavy (non-hydrogen) atoms. The van der Waals surface area contributed by atoms with Crippen LogP contribution in [0, 0.1) is 0 Å². The predicted octanol–water partition coefficient (Wildman–Crippen LogP) is 3.84. The molecular weight excluding hydrogens is 301 g/mol. The summed E-state index contributed by atoms with van der Waals surface area (Å²) in [6.07, 6.45) is 1.56. The fraction of sp³-hybridized carbons (Fsp3) is 0.214. The minimum absolute atomic E-state index is 0.123. The molecular formula is C14H13Cl2NO3. The second-order valence-electron chi connectivity index (χ2n) is 4.20. The molecule has 0 aliphatic carbocycles. The van der Waals surface area contributed by atoms with Gasteiger partial charge in [0.05, 0.1) is 12.3 Å². The predicted molar refractivity (Wildman–Crippen MR) is 77.2 cm³/mol. The van der Waals surface area contributed by atoms with Crippen LogP contribution in [-0.4, -0.2) is 12.5 Å². The van der Waals surface area contributed by atoms with Gasteiger partial charge in [-0.05, 0) is 37.3 Å². The summed E-state index contributed by atoms with van der Waals surface area (Å²) in [6, 6.07) is 8.12. The summed E-state index contributed by atoms with van der Waals surface area (Å²) in [5.74, 6) is 0.873. The van der Waals surface area contributed by atoms with Gasteiger partial charge in [-0.1, -0.05) is 23.2 Å². The van der Waals surface area contributed by atoms with Gasteiger partial charge < -0.3 is 14.5 Å². The van der Waals surface area contributed by atoms with Gasteiger partial charge in [-0.15, -0.1) is 0 Å². The van der Waals surface area contributed by atoms with Gasteiger partial charge in [0.25, 0.3) is 5.91 Å². The smallest absolute Gasteiger partial charge is 0.258 e. The number of amides is 1. The maximum Gasteiger partial charge on any atom is 0.258 e. The molecule has 1 atom stereocenters. The minimum Gasteiger partial charge on any atom is -0.484 e. The Kier molecular flexibility index (Phi) is 4.93. The Morgan fingerprint density at radius 1 is 1.35 bits per heavy atom. The van der Waals surface area contributed by atoms with E-state index in [2.05, 4.69) is 5.32 Å². The van der Waals surface area contributed by atoms with Gasteiger partial charge in [-0.2, -0.15) is 0 Å². The van der Waals surface area contributed by atoms with E-state index in [0.717, 1.165) is 0 Å². The van der Waals surface area contributed by atoms with Crippen LogP contribution in [-0.2, 0) is 4.79 Å². The van der Waals surface area contributed by atoms with Crippen molar-refractivity contribution >= 4 is 29.1 Å². The number of furan rings is 1. The van der Waals surface area contributed by atoms with E-state index < -0.39 is 0 Å². The van der Waals surface area contributed by atoms with Crippen molar-refractivity contribution in [3.05, 3.63) is 52.4 Å². The monoisotopic (exact) mass is 313 g/mol. The van der Waals surface area contributed by atoms with Crippen molar-refractivity contribution in [2.24, 2.45) is 0 Å². The molecule has 0 bridgehead atoms. The van der Waals surface area contributed by atoms with Gasteiger partial charge in [-0.3, -0.25) is 4.79 Å². The number of nitrogens with one attached hydrogen (secondary N) is 1. The lowest BCUT2D eigenvalue weighted by atomic mass is 10.2. The highest BCUT2D eigenvalue weighted by molar-refractivity contribution is 6.34. The maximum absolute atomic E-state index is 11.7. The zero-order valence-corrected chi connectivity index (χ0v) is 12.2. The molecule has 106 valence electrons. The third kappa shape index (κ3) is 4.18. The third-order valence-electron chi connectivity index (χ3n) is 2.55. The van der Waals surface area contributed by atoms with Crippen LogP contribution in [0.25, 0.3) is 0 Å². The molecule has 2 aromatic rings. The minimum atomic E-state index is -0.259. The van der Waals surface area contributed by atoms with Crippen LogP contribution >= 0.6 is 23.2 Å². The number of hydrogen-bond acceptors (Lipinski definition) is 3. The van der Waals surface area contributed by atoms with Crippen molar-refractivity contribution in [1.29, 1.82) is 0 Å². The van der Waals surface area contributed by atoms with E-state index in [1.165, 1.54) is 0 Å². The first-order valence-electron chi connectivity index (χ1n) is 5.96. The quantitative estimate of drug-likeness (QED) is 0.912. The summed E-state index contributed by atoms with van der Waals surface area (Å²) in [6.45, 7) is 1.70. The number of hydrogen-bond donors (Lipinski definition) is 1. The Labute approximate surface area is 126 Å². The summed E-state index contributed by atoms with van der Waals surface area (Å²) in [4.78, 5) is 11.7. The van der Waals surface area contributed by atoms with Gasteiger partial charge >= 0.3 is 0 Å². The van der Waals surface area contributed by atoms with E-state index in [-0.39, 0.29) is 18.6 Å². The SMILES string of the molecule is CC(NC(=O)COc1cc(Cl)cc(Cl)c1)c1ccco1. The molecule has 1 amide bonds. The van der Waals surface area contributed by atoms with Gasteiger partial charge in [-0.25, -0.2) is 0 Å². The van der Waals surface area contributed by atoms with Crippen molar-refractivity contribution in [2.75, 3.05) is 6.61 Å². The molecule has 0 saturated heterocycles. The average molecular weight is 314 g/mol. The Balaban J connectivity index is 1.86. The molecule has 6 heteroatoms. The van der Waals surface area contributed by atoms with E-state index >= 15 is 0 Å². The Morgan fingerprint density at radius 2 is 2.05 bits per heavy atom. The molecule has 1 unspecified atom stereocenters. The van der Waals surface area contributed by atoms with Gasteiger partial charge in [0.15, 0.2) is 6.61 Å². The lowest BCUT2D eigenvalue weighted by Gasteiger charge is -2.12. The zero-order valence-electron chi connectivity index (χ0n) is 10.7. The first-order chi connectivity index (χ1) is 9.54. The number of carbonyl (C=O) groups is 1. The lowest BCUT2D eigenvalue weighted by molar-refractivity contribution is -0.123. The van der Waals surface area contributed by atoms with Crippen LogP contribution in [0.2, 0.25) is 10.0 Å². The van der Waals surface area contributed by atoms with E-state index in [4.69, 9.17) is 32.4 Å². The Bertz CT molecular complexity index is 564. The van der Waals surface area contributed by atoms with Crippen molar-refractivity contribution in [1.82, 2.24) is 5.32 Å². The number of benzene rings is 1. The molecule has 0 radical (unpaired) electrons. The van der Waals surface area contributed by atoms with E-state index in [9.17, 15) is 4.79 Å². The van der Waals surface area contributed by atoms with Crippen molar-refractivity contribution in [2.45, 2.75) is 13.0 Å². The number of halogens is 2. The van der Waals surface area contributed by atoms with Crippen LogP contribution in [0.1, 0.15) is 18.7 Å². The summed E-state index contributed by atoms with van der Waals surface area (Å²) in [5, 5.41) is 3.67. The number of ether oxygens (including phenoxy) is 1. The second-order valence-corrected chi connectivity index (χ2v) is 5.07. The molecule has 0 aliphatic heterocycles. The van der Waals surface area contributed by atoms with E-state index in [0.29, 0.717) is 21.6 Å². The van der Waals surface area contributed by atoms with Crippen LogP contribution in [0.3, 0.4) is 0 Å². The van der Waals surface area contributed by atoms with Crippen molar-refractivity contribution in [3.8, 4) is 5.75 Å². The topological polar surface area (TPSA) is 51.5 Å². The fourth-order valence-corrected chi connectivity index (χ4v) is 2.16. The largest absolute Gasteiger partial charge is 0.484 e. The van der Waals surface area contributed by atoms with E-state index in [1.807, 2.05) is 6.92 Å². The van der Waals surface area contributed by atoms with Gasteiger partial charge in [0.2, 0.25) is 0 Å². The Hall–Kier alpha value is -1.65. The third-order valence-corrected chi connectivity index (χ3v) is 2.99. The highest BCUT2D eigenvalue weighted by Gasteiger charge is 2.12. The van der Waals surface area contributed by atoms with Crippen LogP contribution in [0.4, 0.5) is 0 Å². The summed E-state index contributed by atoms with van der Waals surface area (Å²) < 4.78 is 10.5. The molecule has 0 saturated carbocycles. The van der Waals surface area contributed by atoms with E-state index in [1.54, 1.807) is 36.6 Å². The van der Waals surface area contributed by atoms with Crippen LogP contribution in [0.15, 0.2) is 41.0 Å². The molecule has 4 nitrogen and oxygen atoms in total. The standard InChI is InChI=1S/C14H13Cl2NO3/c1-9(13-3-2-4-19-13)17-14(18)8-20-12-6-10(15)5-11(16)7-12/h2-7,9H,8H2,1H3,(H,17,18). The highest BCUT2D eigenvalue weighted by Crippen LogP contribution is 2.24. The average Bonchev–Trinajstić information content (AvgIpc) is 2.89. The normalized spacial score (nSPS) is 11.9. The van der Waals surface area contributed by atoms with Crippen molar-refractivity contribution in [3.63, 3.8) is 0 Å². The molecule has 1 N–H and O–H groups in total. The van der Waals surface area contributed by atoms with Crippen molar-refractivity contribution < 1.29 is 13.9 Å². The summed E-state index contributed by atoms with van der Waals surface area (Å²) in [5.41, 5.74) is 0. The first-order valence-corrected chi connectivity index (χ1v) is 6.72. The van der Waals surface area contributed by atoms with Crippen LogP contribution in [0.5, 0.6) is 5.75 Å². The molecule has 1 heterocycles. The van der Waals surface area contributed by atoms with Gasteiger partial charge in [0.1, 0.15) is 11.5 Å². The molecule has 1 aromatic heterocycles. The molecule has 0 aliphatic rings. The number of rotatable bonds is 5. The summed E-state index contributed by atoms with van der Waals surface area (Å²) in [7, 11) is 0. The highest BCUT2D eigenvalue weighted by atomic mass is 35.5. The first kappa shape index (κ1) is 14.8. The zero-order chi connectivity index (χ0) is 14.5. The second kappa shape index (κ2) is 6.68. The Morgan fingerprint density at radius 3 is 2.65 bits per heavy atom. The molecule has 1 aromatic carbocycles. The number of carbonyl (C=O) groups excluding carboxylic acids is 1. The van der Waals surface area contributed by atoms with Crippen LogP contribution < -0.4 is 10.1 Å². The molecule has 0 spiro atoms.